The van der Waals surface area contributed by atoms with Gasteiger partial charge in [-0.25, -0.2) is 0 Å². The summed E-state index contributed by atoms with van der Waals surface area (Å²) in [5.41, 5.74) is 8.22. The van der Waals surface area contributed by atoms with E-state index in [1.165, 1.54) is 3.57 Å². The SMILES string of the molecule is Nc1cccc(Cl)c1Nc1ccc(I)cc1. The molecule has 0 aliphatic rings. The fourth-order valence-electron chi connectivity index (χ4n) is 1.35. The summed E-state index contributed by atoms with van der Waals surface area (Å²) in [6.07, 6.45) is 0. The lowest BCUT2D eigenvalue weighted by Gasteiger charge is -2.10. The van der Waals surface area contributed by atoms with Gasteiger partial charge in [0.05, 0.1) is 16.4 Å². The summed E-state index contributed by atoms with van der Waals surface area (Å²) in [7, 11) is 0. The van der Waals surface area contributed by atoms with E-state index in [9.17, 15) is 0 Å². The lowest BCUT2D eigenvalue weighted by molar-refractivity contribution is 1.53. The lowest BCUT2D eigenvalue weighted by Crippen LogP contribution is -1.96. The molecule has 2 rings (SSSR count). The Morgan fingerprint density at radius 1 is 1.06 bits per heavy atom. The van der Waals surface area contributed by atoms with Gasteiger partial charge < -0.3 is 11.1 Å². The minimum absolute atomic E-state index is 0.624. The van der Waals surface area contributed by atoms with E-state index in [2.05, 4.69) is 27.9 Å². The third-order valence-electron chi connectivity index (χ3n) is 2.16. The second kappa shape index (κ2) is 4.93. The van der Waals surface area contributed by atoms with Gasteiger partial charge in [0, 0.05) is 9.26 Å². The van der Waals surface area contributed by atoms with Crippen LogP contribution < -0.4 is 11.1 Å². The molecule has 0 atom stereocenters. The third-order valence-corrected chi connectivity index (χ3v) is 3.19. The largest absolute Gasteiger partial charge is 0.397 e. The standard InChI is InChI=1S/C12H10ClIN2/c13-10-2-1-3-11(15)12(10)16-9-6-4-8(14)5-7-9/h1-7,16H,15H2. The van der Waals surface area contributed by atoms with Crippen LogP contribution in [0.2, 0.25) is 5.02 Å². The predicted octanol–water partition coefficient (Wildman–Crippen LogP) is 4.27. The van der Waals surface area contributed by atoms with Crippen molar-refractivity contribution in [2.75, 3.05) is 11.1 Å². The molecule has 4 heteroatoms. The fraction of sp³-hybridized carbons (Fsp3) is 0. The number of anilines is 3. The van der Waals surface area contributed by atoms with E-state index in [1.54, 1.807) is 0 Å². The highest BCUT2D eigenvalue weighted by Crippen LogP contribution is 2.30. The molecule has 2 aromatic carbocycles. The van der Waals surface area contributed by atoms with E-state index in [1.807, 2.05) is 42.5 Å². The van der Waals surface area contributed by atoms with Gasteiger partial charge >= 0.3 is 0 Å². The summed E-state index contributed by atoms with van der Waals surface area (Å²) < 4.78 is 1.19. The first-order valence-corrected chi connectivity index (χ1v) is 6.19. The van der Waals surface area contributed by atoms with Crippen molar-refractivity contribution in [3.05, 3.63) is 51.1 Å². The number of nitrogen functional groups attached to an aromatic ring is 1. The van der Waals surface area contributed by atoms with Gasteiger partial charge in [0.15, 0.2) is 0 Å². The molecule has 0 saturated heterocycles. The van der Waals surface area contributed by atoms with Crippen LogP contribution in [-0.4, -0.2) is 0 Å². The van der Waals surface area contributed by atoms with E-state index in [4.69, 9.17) is 17.3 Å². The summed E-state index contributed by atoms with van der Waals surface area (Å²) >= 11 is 8.33. The average Bonchev–Trinajstić information content (AvgIpc) is 2.26. The summed E-state index contributed by atoms with van der Waals surface area (Å²) in [6.45, 7) is 0. The number of hydrogen-bond acceptors (Lipinski definition) is 2. The maximum Gasteiger partial charge on any atom is 0.0807 e. The Morgan fingerprint density at radius 3 is 2.38 bits per heavy atom. The molecule has 2 nitrogen and oxygen atoms in total. The molecular weight excluding hydrogens is 335 g/mol. The van der Waals surface area contributed by atoms with Gasteiger partial charge in [0.1, 0.15) is 0 Å². The van der Waals surface area contributed by atoms with Crippen molar-refractivity contribution in [3.63, 3.8) is 0 Å². The van der Waals surface area contributed by atoms with Crippen LogP contribution in [0.1, 0.15) is 0 Å². The van der Waals surface area contributed by atoms with E-state index >= 15 is 0 Å². The van der Waals surface area contributed by atoms with Crippen molar-refractivity contribution >= 4 is 51.3 Å². The van der Waals surface area contributed by atoms with Crippen molar-refractivity contribution < 1.29 is 0 Å². The second-order valence-electron chi connectivity index (χ2n) is 3.34. The van der Waals surface area contributed by atoms with Crippen LogP contribution in [0, 0.1) is 3.57 Å². The van der Waals surface area contributed by atoms with Gasteiger partial charge in [-0.15, -0.1) is 0 Å². The van der Waals surface area contributed by atoms with Gasteiger partial charge in [0.2, 0.25) is 0 Å². The first-order valence-electron chi connectivity index (χ1n) is 4.73. The Balaban J connectivity index is 2.30. The minimum Gasteiger partial charge on any atom is -0.397 e. The summed E-state index contributed by atoms with van der Waals surface area (Å²) in [6, 6.07) is 13.5. The molecule has 0 aromatic heterocycles. The number of hydrogen-bond donors (Lipinski definition) is 2. The maximum absolute atomic E-state index is 6.07. The smallest absolute Gasteiger partial charge is 0.0807 e. The Hall–Kier alpha value is -0.940. The molecule has 0 amide bonds. The van der Waals surface area contributed by atoms with E-state index < -0.39 is 0 Å². The summed E-state index contributed by atoms with van der Waals surface area (Å²) in [5, 5.41) is 3.83. The third kappa shape index (κ3) is 2.59. The molecule has 16 heavy (non-hydrogen) atoms. The number of nitrogens with one attached hydrogen (secondary N) is 1. The molecular formula is C12H10ClIN2. The second-order valence-corrected chi connectivity index (χ2v) is 4.99. The molecule has 0 aliphatic heterocycles. The number of halogens is 2. The van der Waals surface area contributed by atoms with Gasteiger partial charge in [-0.2, -0.15) is 0 Å². The van der Waals surface area contributed by atoms with Crippen molar-refractivity contribution in [2.24, 2.45) is 0 Å². The lowest BCUT2D eigenvalue weighted by atomic mass is 10.2. The summed E-state index contributed by atoms with van der Waals surface area (Å²) in [5.74, 6) is 0. The van der Waals surface area contributed by atoms with Crippen LogP contribution in [0.5, 0.6) is 0 Å². The van der Waals surface area contributed by atoms with Crippen molar-refractivity contribution in [1.29, 1.82) is 0 Å². The number of benzene rings is 2. The molecule has 0 unspecified atom stereocenters. The average molecular weight is 345 g/mol. The van der Waals surface area contributed by atoms with E-state index in [0.717, 1.165) is 11.4 Å². The Labute approximate surface area is 113 Å². The molecule has 0 spiro atoms. The van der Waals surface area contributed by atoms with Crippen molar-refractivity contribution in [2.45, 2.75) is 0 Å². The minimum atomic E-state index is 0.624. The number of para-hydroxylation sites is 1. The van der Waals surface area contributed by atoms with Crippen LogP contribution in [-0.2, 0) is 0 Å². The van der Waals surface area contributed by atoms with Crippen LogP contribution in [0.25, 0.3) is 0 Å². The van der Waals surface area contributed by atoms with E-state index in [0.29, 0.717) is 10.7 Å². The maximum atomic E-state index is 6.07. The van der Waals surface area contributed by atoms with Gasteiger partial charge in [-0.1, -0.05) is 17.7 Å². The molecule has 82 valence electrons. The van der Waals surface area contributed by atoms with Crippen molar-refractivity contribution in [1.82, 2.24) is 0 Å². The molecule has 0 aliphatic carbocycles. The van der Waals surface area contributed by atoms with E-state index in [-0.39, 0.29) is 0 Å². The zero-order valence-corrected chi connectivity index (χ0v) is 11.3. The summed E-state index contributed by atoms with van der Waals surface area (Å²) in [4.78, 5) is 0. The molecule has 3 N–H and O–H groups in total. The van der Waals surface area contributed by atoms with Gasteiger partial charge in [0.25, 0.3) is 0 Å². The Kier molecular flexibility index (Phi) is 3.56. The Morgan fingerprint density at radius 2 is 1.75 bits per heavy atom. The molecule has 0 radical (unpaired) electrons. The zero-order chi connectivity index (χ0) is 11.5. The van der Waals surface area contributed by atoms with Crippen LogP contribution in [0.15, 0.2) is 42.5 Å². The van der Waals surface area contributed by atoms with Crippen LogP contribution in [0.3, 0.4) is 0 Å². The van der Waals surface area contributed by atoms with Crippen LogP contribution >= 0.6 is 34.2 Å². The fourth-order valence-corrected chi connectivity index (χ4v) is 1.94. The topological polar surface area (TPSA) is 38.0 Å². The number of nitrogens with two attached hydrogens (primary N) is 1. The highest BCUT2D eigenvalue weighted by atomic mass is 127. The quantitative estimate of drug-likeness (QED) is 0.631. The first-order chi connectivity index (χ1) is 7.66. The predicted molar refractivity (Wildman–Crippen MR) is 78.3 cm³/mol. The monoisotopic (exact) mass is 344 g/mol. The molecule has 2 aromatic rings. The Bertz CT molecular complexity index is 477. The zero-order valence-electron chi connectivity index (χ0n) is 8.37. The molecule has 0 heterocycles. The number of rotatable bonds is 2. The molecule has 0 bridgehead atoms. The highest BCUT2D eigenvalue weighted by Gasteiger charge is 2.04. The first kappa shape index (κ1) is 11.5. The normalized spacial score (nSPS) is 10.1. The van der Waals surface area contributed by atoms with Gasteiger partial charge in [-0.05, 0) is 59.0 Å². The van der Waals surface area contributed by atoms with Crippen LogP contribution in [0.4, 0.5) is 17.1 Å². The molecule has 0 saturated carbocycles. The molecule has 0 fully saturated rings. The van der Waals surface area contributed by atoms with Crippen molar-refractivity contribution in [3.8, 4) is 0 Å². The van der Waals surface area contributed by atoms with Gasteiger partial charge in [-0.3, -0.25) is 0 Å². The highest BCUT2D eigenvalue weighted by molar-refractivity contribution is 14.1.